The van der Waals surface area contributed by atoms with Crippen LogP contribution in [-0.4, -0.2) is 16.1 Å². The number of aromatic nitrogens is 1. The summed E-state index contributed by atoms with van der Waals surface area (Å²) in [6.07, 6.45) is 4.07. The largest absolute Gasteiger partial charge is 0.478 e. The Hall–Kier alpha value is -1.66. The molecule has 1 aromatic carbocycles. The molecule has 0 aliphatic rings. The van der Waals surface area contributed by atoms with Crippen molar-refractivity contribution in [3.63, 3.8) is 0 Å². The van der Waals surface area contributed by atoms with Crippen molar-refractivity contribution >= 4 is 43.9 Å². The molecule has 1 heterocycles. The average Bonchev–Trinajstić information content (AvgIpc) is 2.41. The number of benzene rings is 1. The standard InChI is InChI=1S/C14H9Br2NO3/c15-10-4-5-12(11(16)8-10)20-14-9(2-1-7-17-14)3-6-13(18)19/h1-8H,(H,18,19)/b6-3+. The molecule has 2 rings (SSSR count). The lowest BCUT2D eigenvalue weighted by molar-refractivity contribution is -0.131. The number of aliphatic carboxylic acids is 1. The molecule has 1 N–H and O–H groups in total. The highest BCUT2D eigenvalue weighted by molar-refractivity contribution is 9.11. The first kappa shape index (κ1) is 14.7. The van der Waals surface area contributed by atoms with E-state index in [1.54, 1.807) is 24.4 Å². The highest BCUT2D eigenvalue weighted by atomic mass is 79.9. The van der Waals surface area contributed by atoms with E-state index in [0.717, 1.165) is 15.0 Å². The van der Waals surface area contributed by atoms with Crippen molar-refractivity contribution < 1.29 is 14.6 Å². The lowest BCUT2D eigenvalue weighted by Gasteiger charge is -2.09. The van der Waals surface area contributed by atoms with E-state index in [1.165, 1.54) is 6.08 Å². The fraction of sp³-hybridized carbons (Fsp3) is 0. The summed E-state index contributed by atoms with van der Waals surface area (Å²) in [6.45, 7) is 0. The third-order valence-corrected chi connectivity index (χ3v) is 3.42. The molecule has 0 spiro atoms. The van der Waals surface area contributed by atoms with E-state index in [9.17, 15) is 4.79 Å². The van der Waals surface area contributed by atoms with Gasteiger partial charge in [0.05, 0.1) is 4.47 Å². The van der Waals surface area contributed by atoms with E-state index in [-0.39, 0.29) is 0 Å². The summed E-state index contributed by atoms with van der Waals surface area (Å²) >= 11 is 6.76. The van der Waals surface area contributed by atoms with Gasteiger partial charge in [0, 0.05) is 22.3 Å². The van der Waals surface area contributed by atoms with Crippen molar-refractivity contribution in [1.29, 1.82) is 0 Å². The van der Waals surface area contributed by atoms with Gasteiger partial charge in [-0.1, -0.05) is 15.9 Å². The van der Waals surface area contributed by atoms with Crippen LogP contribution in [-0.2, 0) is 4.79 Å². The number of pyridine rings is 1. The van der Waals surface area contributed by atoms with Gasteiger partial charge in [-0.2, -0.15) is 0 Å². The van der Waals surface area contributed by atoms with E-state index in [4.69, 9.17) is 9.84 Å². The molecule has 0 amide bonds. The van der Waals surface area contributed by atoms with Crippen LogP contribution in [0.15, 0.2) is 51.6 Å². The summed E-state index contributed by atoms with van der Waals surface area (Å²) in [5.41, 5.74) is 0.588. The van der Waals surface area contributed by atoms with E-state index in [1.807, 2.05) is 12.1 Å². The molecular formula is C14H9Br2NO3. The first-order chi connectivity index (χ1) is 9.56. The fourth-order valence-corrected chi connectivity index (χ4v) is 2.57. The molecular weight excluding hydrogens is 390 g/mol. The number of hydrogen-bond acceptors (Lipinski definition) is 3. The van der Waals surface area contributed by atoms with E-state index in [0.29, 0.717) is 17.2 Å². The molecule has 0 atom stereocenters. The molecule has 0 saturated carbocycles. The van der Waals surface area contributed by atoms with Gasteiger partial charge in [-0.25, -0.2) is 9.78 Å². The monoisotopic (exact) mass is 397 g/mol. The van der Waals surface area contributed by atoms with Gasteiger partial charge in [0.2, 0.25) is 5.88 Å². The average molecular weight is 399 g/mol. The number of hydrogen-bond donors (Lipinski definition) is 1. The van der Waals surface area contributed by atoms with Crippen LogP contribution in [0.3, 0.4) is 0 Å². The first-order valence-corrected chi connectivity index (χ1v) is 7.14. The van der Waals surface area contributed by atoms with Gasteiger partial charge in [0.1, 0.15) is 5.75 Å². The van der Waals surface area contributed by atoms with Crippen LogP contribution in [0.5, 0.6) is 11.6 Å². The van der Waals surface area contributed by atoms with Gasteiger partial charge in [0.15, 0.2) is 0 Å². The summed E-state index contributed by atoms with van der Waals surface area (Å²) in [7, 11) is 0. The van der Waals surface area contributed by atoms with Crippen LogP contribution >= 0.6 is 31.9 Å². The number of rotatable bonds is 4. The molecule has 0 bridgehead atoms. The Morgan fingerprint density at radius 3 is 2.80 bits per heavy atom. The molecule has 0 saturated heterocycles. The minimum atomic E-state index is -1.02. The maximum atomic E-state index is 10.6. The second-order valence-corrected chi connectivity index (χ2v) is 5.52. The lowest BCUT2D eigenvalue weighted by Crippen LogP contribution is -1.92. The van der Waals surface area contributed by atoms with Crippen molar-refractivity contribution in [2.75, 3.05) is 0 Å². The summed E-state index contributed by atoms with van der Waals surface area (Å²) < 4.78 is 7.39. The summed E-state index contributed by atoms with van der Waals surface area (Å²) in [4.78, 5) is 14.7. The quantitative estimate of drug-likeness (QED) is 0.770. The van der Waals surface area contributed by atoms with E-state index < -0.39 is 5.97 Å². The molecule has 0 aliphatic carbocycles. The van der Waals surface area contributed by atoms with Crippen LogP contribution in [0.2, 0.25) is 0 Å². The normalized spacial score (nSPS) is 10.7. The van der Waals surface area contributed by atoms with Crippen molar-refractivity contribution in [1.82, 2.24) is 4.98 Å². The first-order valence-electron chi connectivity index (χ1n) is 5.55. The number of ether oxygens (including phenoxy) is 1. The third kappa shape index (κ3) is 3.91. The number of carboxylic acids is 1. The fourth-order valence-electron chi connectivity index (χ4n) is 1.44. The summed E-state index contributed by atoms with van der Waals surface area (Å²) in [6, 6.07) is 8.92. The van der Waals surface area contributed by atoms with Crippen molar-refractivity contribution in [3.05, 3.63) is 57.1 Å². The minimum Gasteiger partial charge on any atom is -0.478 e. The Bertz CT molecular complexity index is 671. The molecule has 1 aromatic heterocycles. The van der Waals surface area contributed by atoms with Gasteiger partial charge in [-0.15, -0.1) is 0 Å². The number of nitrogens with zero attached hydrogens (tertiary/aromatic N) is 1. The Labute approximate surface area is 132 Å². The zero-order chi connectivity index (χ0) is 14.5. The Morgan fingerprint density at radius 1 is 1.30 bits per heavy atom. The van der Waals surface area contributed by atoms with Crippen LogP contribution < -0.4 is 4.74 Å². The Kier molecular flexibility index (Phi) is 4.92. The Balaban J connectivity index is 2.31. The predicted octanol–water partition coefficient (Wildman–Crippen LogP) is 4.50. The molecule has 0 unspecified atom stereocenters. The molecule has 0 radical (unpaired) electrons. The predicted molar refractivity (Wildman–Crippen MR) is 82.8 cm³/mol. The molecule has 0 fully saturated rings. The highest BCUT2D eigenvalue weighted by Gasteiger charge is 2.07. The van der Waals surface area contributed by atoms with Crippen LogP contribution in [0.25, 0.3) is 6.08 Å². The van der Waals surface area contributed by atoms with Crippen molar-refractivity contribution in [3.8, 4) is 11.6 Å². The van der Waals surface area contributed by atoms with Gasteiger partial charge >= 0.3 is 5.97 Å². The zero-order valence-electron chi connectivity index (χ0n) is 10.1. The van der Waals surface area contributed by atoms with Crippen LogP contribution in [0.4, 0.5) is 0 Å². The lowest BCUT2D eigenvalue weighted by atomic mass is 10.2. The molecule has 20 heavy (non-hydrogen) atoms. The van der Waals surface area contributed by atoms with Crippen LogP contribution in [0.1, 0.15) is 5.56 Å². The van der Waals surface area contributed by atoms with Gasteiger partial charge in [-0.05, 0) is 52.3 Å². The number of carbonyl (C=O) groups is 1. The van der Waals surface area contributed by atoms with Gasteiger partial charge < -0.3 is 9.84 Å². The zero-order valence-corrected chi connectivity index (χ0v) is 13.3. The van der Waals surface area contributed by atoms with Gasteiger partial charge in [-0.3, -0.25) is 0 Å². The molecule has 4 nitrogen and oxygen atoms in total. The smallest absolute Gasteiger partial charge is 0.328 e. The van der Waals surface area contributed by atoms with Gasteiger partial charge in [0.25, 0.3) is 0 Å². The SMILES string of the molecule is O=C(O)/C=C/c1cccnc1Oc1ccc(Br)cc1Br. The second kappa shape index (κ2) is 6.67. The van der Waals surface area contributed by atoms with Crippen LogP contribution in [0, 0.1) is 0 Å². The van der Waals surface area contributed by atoms with Crippen molar-refractivity contribution in [2.45, 2.75) is 0 Å². The second-order valence-electron chi connectivity index (χ2n) is 3.75. The molecule has 102 valence electrons. The Morgan fingerprint density at radius 2 is 2.10 bits per heavy atom. The highest BCUT2D eigenvalue weighted by Crippen LogP contribution is 2.32. The minimum absolute atomic E-state index is 0.341. The van der Waals surface area contributed by atoms with E-state index >= 15 is 0 Å². The molecule has 2 aromatic rings. The third-order valence-electron chi connectivity index (χ3n) is 2.31. The van der Waals surface area contributed by atoms with E-state index in [2.05, 4.69) is 36.8 Å². The summed E-state index contributed by atoms with van der Waals surface area (Å²) in [5, 5.41) is 8.67. The summed E-state index contributed by atoms with van der Waals surface area (Å²) in [5.74, 6) is -0.0884. The maximum absolute atomic E-state index is 10.6. The number of halogens is 2. The maximum Gasteiger partial charge on any atom is 0.328 e. The molecule has 6 heteroatoms. The van der Waals surface area contributed by atoms with Crippen molar-refractivity contribution in [2.24, 2.45) is 0 Å². The number of carboxylic acid groups (broad SMARTS) is 1. The molecule has 0 aliphatic heterocycles. The topological polar surface area (TPSA) is 59.4 Å².